The van der Waals surface area contributed by atoms with Crippen molar-refractivity contribution in [3.8, 4) is 11.6 Å². The molecule has 0 amide bonds. The van der Waals surface area contributed by atoms with E-state index in [4.69, 9.17) is 4.42 Å². The number of aromatic nitrogens is 2. The van der Waals surface area contributed by atoms with Gasteiger partial charge in [0.15, 0.2) is 16.3 Å². The van der Waals surface area contributed by atoms with Gasteiger partial charge in [0.25, 0.3) is 5.56 Å². The number of halogens is 2. The Morgan fingerprint density at radius 2 is 2.21 bits per heavy atom. The van der Waals surface area contributed by atoms with Crippen molar-refractivity contribution in [2.45, 2.75) is 0 Å². The van der Waals surface area contributed by atoms with Crippen LogP contribution in [0.1, 0.15) is 0 Å². The Balaban J connectivity index is 2.54. The molecule has 2 heterocycles. The summed E-state index contributed by atoms with van der Waals surface area (Å²) in [5, 5.41) is 0. The second-order valence-corrected chi connectivity index (χ2v) is 4.09. The minimum absolute atomic E-state index is 0.210. The lowest BCUT2D eigenvalue weighted by molar-refractivity contribution is 0.549. The molecular formula is C8H4Br2N2O2. The van der Waals surface area contributed by atoms with Crippen LogP contribution in [0, 0.1) is 0 Å². The van der Waals surface area contributed by atoms with Gasteiger partial charge in [-0.25, -0.2) is 4.98 Å². The summed E-state index contributed by atoms with van der Waals surface area (Å²) < 4.78 is 6.64. The fraction of sp³-hybridized carbons (Fsp3) is 0. The van der Waals surface area contributed by atoms with Crippen LogP contribution in [0.5, 0.6) is 0 Å². The van der Waals surface area contributed by atoms with Gasteiger partial charge in [0.1, 0.15) is 0 Å². The van der Waals surface area contributed by atoms with E-state index in [0.29, 0.717) is 16.3 Å². The molecule has 0 saturated heterocycles. The quantitative estimate of drug-likeness (QED) is 0.878. The number of hydrogen-bond acceptors (Lipinski definition) is 3. The zero-order valence-electron chi connectivity index (χ0n) is 6.75. The van der Waals surface area contributed by atoms with E-state index in [9.17, 15) is 4.79 Å². The van der Waals surface area contributed by atoms with Crippen LogP contribution in [0.4, 0.5) is 0 Å². The van der Waals surface area contributed by atoms with Gasteiger partial charge in [-0.2, -0.15) is 0 Å². The molecule has 0 aliphatic carbocycles. The van der Waals surface area contributed by atoms with Gasteiger partial charge in [-0.15, -0.1) is 0 Å². The van der Waals surface area contributed by atoms with Gasteiger partial charge < -0.3 is 9.40 Å². The molecule has 0 unspecified atom stereocenters. The molecule has 14 heavy (non-hydrogen) atoms. The van der Waals surface area contributed by atoms with E-state index >= 15 is 0 Å². The molecule has 2 rings (SSSR count). The number of nitrogens with zero attached hydrogens (tertiary/aromatic N) is 1. The van der Waals surface area contributed by atoms with Crippen molar-refractivity contribution in [2.24, 2.45) is 0 Å². The molecule has 72 valence electrons. The van der Waals surface area contributed by atoms with Crippen molar-refractivity contribution >= 4 is 31.9 Å². The van der Waals surface area contributed by atoms with Gasteiger partial charge in [-0.05, 0) is 31.9 Å². The summed E-state index contributed by atoms with van der Waals surface area (Å²) in [5.41, 5.74) is -0.210. The van der Waals surface area contributed by atoms with E-state index < -0.39 is 0 Å². The van der Waals surface area contributed by atoms with Crippen molar-refractivity contribution < 1.29 is 4.42 Å². The van der Waals surface area contributed by atoms with E-state index in [1.54, 1.807) is 6.07 Å². The molecule has 0 atom stereocenters. The van der Waals surface area contributed by atoms with Gasteiger partial charge in [0.2, 0.25) is 0 Å². The van der Waals surface area contributed by atoms with Gasteiger partial charge in [-0.3, -0.25) is 4.79 Å². The maximum atomic E-state index is 11.0. The Kier molecular flexibility index (Phi) is 2.56. The minimum atomic E-state index is -0.210. The molecule has 1 N–H and O–H groups in total. The molecule has 0 aliphatic heterocycles. The Bertz CT molecular complexity index is 499. The number of rotatable bonds is 1. The maximum absolute atomic E-state index is 11.0. The minimum Gasteiger partial charge on any atom is -0.445 e. The average molecular weight is 320 g/mol. The molecule has 0 bridgehead atoms. The van der Waals surface area contributed by atoms with Crippen molar-refractivity contribution in [1.29, 1.82) is 0 Å². The lowest BCUT2D eigenvalue weighted by Gasteiger charge is -1.92. The lowest BCUT2D eigenvalue weighted by Crippen LogP contribution is -2.05. The fourth-order valence-corrected chi connectivity index (χ4v) is 1.54. The van der Waals surface area contributed by atoms with Crippen LogP contribution >= 0.6 is 31.9 Å². The first-order valence-electron chi connectivity index (χ1n) is 3.67. The summed E-state index contributed by atoms with van der Waals surface area (Å²) in [6, 6.07) is 3.07. The topological polar surface area (TPSA) is 58.9 Å². The maximum Gasteiger partial charge on any atom is 0.251 e. The number of furan rings is 1. The summed E-state index contributed by atoms with van der Waals surface area (Å²) in [7, 11) is 0. The Morgan fingerprint density at radius 3 is 2.79 bits per heavy atom. The van der Waals surface area contributed by atoms with Crippen LogP contribution < -0.4 is 5.56 Å². The Hall–Kier alpha value is -0.880. The number of H-pyrrole nitrogens is 1. The third-order valence-electron chi connectivity index (χ3n) is 1.55. The molecule has 2 aromatic rings. The average Bonchev–Trinajstić information content (AvgIpc) is 2.47. The van der Waals surface area contributed by atoms with Crippen LogP contribution in [0.25, 0.3) is 11.6 Å². The Morgan fingerprint density at radius 1 is 1.43 bits per heavy atom. The summed E-state index contributed by atoms with van der Waals surface area (Å²) >= 11 is 6.47. The molecule has 0 radical (unpaired) electrons. The second-order valence-electron chi connectivity index (χ2n) is 2.51. The first-order chi connectivity index (χ1) is 6.66. The van der Waals surface area contributed by atoms with E-state index in [0.717, 1.165) is 4.47 Å². The SMILES string of the molecule is O=c1ccnc(-c2cc(Br)c(Br)o2)[nH]1. The molecular weight excluding hydrogens is 316 g/mol. The van der Waals surface area contributed by atoms with Crippen LogP contribution in [0.2, 0.25) is 0 Å². The zero-order chi connectivity index (χ0) is 10.1. The first kappa shape index (κ1) is 9.67. The van der Waals surface area contributed by atoms with Gasteiger partial charge in [0, 0.05) is 18.3 Å². The molecule has 0 spiro atoms. The van der Waals surface area contributed by atoms with Crippen molar-refractivity contribution in [1.82, 2.24) is 9.97 Å². The predicted octanol–water partition coefficient (Wildman–Crippen LogP) is 2.55. The number of nitrogens with one attached hydrogen (secondary N) is 1. The van der Waals surface area contributed by atoms with Gasteiger partial charge in [0.05, 0.1) is 4.47 Å². The monoisotopic (exact) mass is 318 g/mol. The highest BCUT2D eigenvalue weighted by atomic mass is 79.9. The third kappa shape index (κ3) is 1.80. The van der Waals surface area contributed by atoms with Crippen LogP contribution in [-0.4, -0.2) is 9.97 Å². The van der Waals surface area contributed by atoms with E-state index in [2.05, 4.69) is 41.8 Å². The van der Waals surface area contributed by atoms with Crippen LogP contribution in [0.3, 0.4) is 0 Å². The predicted molar refractivity (Wildman–Crippen MR) is 58.0 cm³/mol. The summed E-state index contributed by atoms with van der Waals surface area (Å²) in [4.78, 5) is 17.5. The van der Waals surface area contributed by atoms with Crippen molar-refractivity contribution in [3.63, 3.8) is 0 Å². The highest BCUT2D eigenvalue weighted by molar-refractivity contribution is 9.13. The molecule has 0 saturated carbocycles. The van der Waals surface area contributed by atoms with Gasteiger partial charge >= 0.3 is 0 Å². The van der Waals surface area contributed by atoms with Gasteiger partial charge in [-0.1, -0.05) is 0 Å². The lowest BCUT2D eigenvalue weighted by atomic mass is 10.4. The number of hydrogen-bond donors (Lipinski definition) is 1. The second kappa shape index (κ2) is 3.70. The highest BCUT2D eigenvalue weighted by Crippen LogP contribution is 2.30. The fourth-order valence-electron chi connectivity index (χ4n) is 0.959. The number of aromatic amines is 1. The molecule has 0 fully saturated rings. The largest absolute Gasteiger partial charge is 0.445 e. The molecule has 0 aromatic carbocycles. The van der Waals surface area contributed by atoms with Crippen LogP contribution in [-0.2, 0) is 0 Å². The van der Waals surface area contributed by atoms with Crippen LogP contribution in [0.15, 0.2) is 36.7 Å². The van der Waals surface area contributed by atoms with Crippen molar-refractivity contribution in [3.05, 3.63) is 37.8 Å². The zero-order valence-corrected chi connectivity index (χ0v) is 9.92. The Labute approximate surface area is 95.6 Å². The summed E-state index contributed by atoms with van der Waals surface area (Å²) in [6.45, 7) is 0. The van der Waals surface area contributed by atoms with Crippen molar-refractivity contribution in [2.75, 3.05) is 0 Å². The molecule has 0 aliphatic rings. The molecule has 6 heteroatoms. The molecule has 4 nitrogen and oxygen atoms in total. The molecule has 2 aromatic heterocycles. The van der Waals surface area contributed by atoms with E-state index in [1.807, 2.05) is 0 Å². The third-order valence-corrected chi connectivity index (χ3v) is 3.26. The highest BCUT2D eigenvalue weighted by Gasteiger charge is 2.09. The van der Waals surface area contributed by atoms with E-state index in [1.165, 1.54) is 12.3 Å². The summed E-state index contributed by atoms with van der Waals surface area (Å²) in [6.07, 6.45) is 1.43. The smallest absolute Gasteiger partial charge is 0.251 e. The summed E-state index contributed by atoms with van der Waals surface area (Å²) in [5.74, 6) is 0.908. The first-order valence-corrected chi connectivity index (χ1v) is 5.26. The standard InChI is InChI=1S/C8H4Br2N2O2/c9-4-3-5(14-7(4)10)8-11-2-1-6(13)12-8/h1-3H,(H,11,12,13). The normalized spacial score (nSPS) is 10.4. The van der Waals surface area contributed by atoms with E-state index in [-0.39, 0.29) is 5.56 Å².